The van der Waals surface area contributed by atoms with E-state index in [-0.39, 0.29) is 5.75 Å². The molecule has 0 bridgehead atoms. The number of fused-ring (bicyclic) bond motifs is 1. The summed E-state index contributed by atoms with van der Waals surface area (Å²) in [5, 5.41) is 12.5. The minimum absolute atomic E-state index is 0.288. The SMILES string of the molecule is Oc1ccn2c(C3CNC3)ncc2c1. The number of aromatic nitrogens is 2. The average molecular weight is 189 g/mol. The Morgan fingerprint density at radius 1 is 1.50 bits per heavy atom. The molecule has 14 heavy (non-hydrogen) atoms. The van der Waals surface area contributed by atoms with Crippen molar-refractivity contribution in [3.63, 3.8) is 0 Å². The molecule has 1 aliphatic rings. The van der Waals surface area contributed by atoms with Crippen molar-refractivity contribution in [1.82, 2.24) is 14.7 Å². The molecule has 0 aliphatic carbocycles. The van der Waals surface area contributed by atoms with Crippen LogP contribution in [-0.4, -0.2) is 27.6 Å². The quantitative estimate of drug-likeness (QED) is 0.695. The number of hydrogen-bond acceptors (Lipinski definition) is 3. The van der Waals surface area contributed by atoms with E-state index >= 15 is 0 Å². The van der Waals surface area contributed by atoms with Crippen molar-refractivity contribution in [3.05, 3.63) is 30.4 Å². The highest BCUT2D eigenvalue weighted by atomic mass is 16.3. The van der Waals surface area contributed by atoms with Gasteiger partial charge >= 0.3 is 0 Å². The first-order chi connectivity index (χ1) is 6.84. The second-order valence-electron chi connectivity index (χ2n) is 3.65. The molecule has 4 heteroatoms. The lowest BCUT2D eigenvalue weighted by Gasteiger charge is -2.25. The maximum Gasteiger partial charge on any atom is 0.119 e. The number of rotatable bonds is 1. The fourth-order valence-corrected chi connectivity index (χ4v) is 1.78. The Morgan fingerprint density at radius 2 is 2.36 bits per heavy atom. The van der Waals surface area contributed by atoms with Crippen LogP contribution in [-0.2, 0) is 0 Å². The first-order valence-corrected chi connectivity index (χ1v) is 4.71. The average Bonchev–Trinajstić information content (AvgIpc) is 2.45. The zero-order valence-corrected chi connectivity index (χ0v) is 7.64. The summed E-state index contributed by atoms with van der Waals surface area (Å²) in [5.41, 5.74) is 0.951. The standard InChI is InChI=1S/C10H11N3O/c14-9-1-2-13-8(3-9)6-12-10(13)7-4-11-5-7/h1-3,6-7,11,14H,4-5H2. The highest BCUT2D eigenvalue weighted by molar-refractivity contribution is 5.50. The Labute approximate surface area is 81.2 Å². The van der Waals surface area contributed by atoms with Crippen molar-refractivity contribution < 1.29 is 5.11 Å². The van der Waals surface area contributed by atoms with Gasteiger partial charge < -0.3 is 14.8 Å². The van der Waals surface area contributed by atoms with Crippen LogP contribution in [0, 0.1) is 0 Å². The molecule has 1 saturated heterocycles. The molecular formula is C10H11N3O. The van der Waals surface area contributed by atoms with Gasteiger partial charge in [-0.15, -0.1) is 0 Å². The normalized spacial score (nSPS) is 17.1. The Balaban J connectivity index is 2.16. The lowest BCUT2D eigenvalue weighted by molar-refractivity contribution is 0.428. The second-order valence-corrected chi connectivity index (χ2v) is 3.65. The Morgan fingerprint density at radius 3 is 3.07 bits per heavy atom. The van der Waals surface area contributed by atoms with Gasteiger partial charge in [0, 0.05) is 31.3 Å². The topological polar surface area (TPSA) is 49.6 Å². The van der Waals surface area contributed by atoms with E-state index in [9.17, 15) is 5.11 Å². The molecule has 0 spiro atoms. The molecule has 2 N–H and O–H groups in total. The third-order valence-electron chi connectivity index (χ3n) is 2.69. The van der Waals surface area contributed by atoms with Crippen LogP contribution >= 0.6 is 0 Å². The summed E-state index contributed by atoms with van der Waals surface area (Å²) in [6.45, 7) is 2.00. The first kappa shape index (κ1) is 7.82. The smallest absolute Gasteiger partial charge is 0.119 e. The van der Waals surface area contributed by atoms with Crippen molar-refractivity contribution in [2.45, 2.75) is 5.92 Å². The van der Waals surface area contributed by atoms with E-state index in [1.54, 1.807) is 18.3 Å². The summed E-state index contributed by atoms with van der Waals surface area (Å²) in [6, 6.07) is 3.41. The Kier molecular flexibility index (Phi) is 1.52. The highest BCUT2D eigenvalue weighted by Crippen LogP contribution is 2.21. The van der Waals surface area contributed by atoms with Crippen LogP contribution in [0.25, 0.3) is 5.52 Å². The lowest BCUT2D eigenvalue weighted by Crippen LogP contribution is -2.40. The fraction of sp³-hybridized carbons (Fsp3) is 0.300. The van der Waals surface area contributed by atoms with Crippen molar-refractivity contribution in [1.29, 1.82) is 0 Å². The van der Waals surface area contributed by atoms with Crippen LogP contribution in [0.15, 0.2) is 24.5 Å². The summed E-state index contributed by atoms with van der Waals surface area (Å²) in [6.07, 6.45) is 3.67. The largest absolute Gasteiger partial charge is 0.508 e. The van der Waals surface area contributed by atoms with Crippen molar-refractivity contribution in [2.75, 3.05) is 13.1 Å². The van der Waals surface area contributed by atoms with Crippen molar-refractivity contribution in [3.8, 4) is 5.75 Å². The predicted molar refractivity (Wildman–Crippen MR) is 52.5 cm³/mol. The van der Waals surface area contributed by atoms with E-state index in [1.807, 2.05) is 10.6 Å². The molecule has 0 unspecified atom stereocenters. The van der Waals surface area contributed by atoms with Crippen LogP contribution in [0.3, 0.4) is 0 Å². The van der Waals surface area contributed by atoms with Crippen molar-refractivity contribution in [2.24, 2.45) is 0 Å². The third-order valence-corrected chi connectivity index (χ3v) is 2.69. The van der Waals surface area contributed by atoms with Gasteiger partial charge in [0.15, 0.2) is 0 Å². The lowest BCUT2D eigenvalue weighted by atomic mass is 10.0. The van der Waals surface area contributed by atoms with Crippen LogP contribution < -0.4 is 5.32 Å². The van der Waals surface area contributed by atoms with E-state index in [0.717, 1.165) is 24.4 Å². The Hall–Kier alpha value is -1.55. The summed E-state index contributed by atoms with van der Waals surface area (Å²) >= 11 is 0. The van der Waals surface area contributed by atoms with Gasteiger partial charge in [-0.1, -0.05) is 0 Å². The maximum absolute atomic E-state index is 9.30. The van der Waals surface area contributed by atoms with Crippen LogP contribution in [0.5, 0.6) is 5.75 Å². The van der Waals surface area contributed by atoms with E-state index in [4.69, 9.17) is 0 Å². The molecule has 0 amide bonds. The van der Waals surface area contributed by atoms with Gasteiger partial charge in [-0.25, -0.2) is 4.98 Å². The molecule has 0 saturated carbocycles. The van der Waals surface area contributed by atoms with Crippen LogP contribution in [0.2, 0.25) is 0 Å². The summed E-state index contributed by atoms with van der Waals surface area (Å²) < 4.78 is 2.03. The van der Waals surface area contributed by atoms with Crippen molar-refractivity contribution >= 4 is 5.52 Å². The number of nitrogens with one attached hydrogen (secondary N) is 1. The van der Waals surface area contributed by atoms with Gasteiger partial charge in [-0.05, 0) is 6.07 Å². The molecule has 2 aromatic heterocycles. The molecule has 1 fully saturated rings. The monoisotopic (exact) mass is 189 g/mol. The third kappa shape index (κ3) is 1.01. The number of aromatic hydroxyl groups is 1. The number of pyridine rings is 1. The van der Waals surface area contributed by atoms with Gasteiger partial charge in [0.2, 0.25) is 0 Å². The molecule has 72 valence electrons. The molecule has 4 nitrogen and oxygen atoms in total. The Bertz CT molecular complexity index is 473. The predicted octanol–water partition coefficient (Wildman–Crippen LogP) is 0.727. The molecule has 3 heterocycles. The molecular weight excluding hydrogens is 178 g/mol. The fourth-order valence-electron chi connectivity index (χ4n) is 1.78. The van der Waals surface area contributed by atoms with E-state index in [1.165, 1.54) is 0 Å². The van der Waals surface area contributed by atoms with Gasteiger partial charge in [-0.2, -0.15) is 0 Å². The second kappa shape index (κ2) is 2.72. The summed E-state index contributed by atoms with van der Waals surface area (Å²) in [7, 11) is 0. The maximum atomic E-state index is 9.30. The number of imidazole rings is 1. The molecule has 0 aromatic carbocycles. The van der Waals surface area contributed by atoms with Gasteiger partial charge in [0.25, 0.3) is 0 Å². The van der Waals surface area contributed by atoms with E-state index in [0.29, 0.717) is 5.92 Å². The molecule has 0 atom stereocenters. The molecule has 0 radical (unpaired) electrons. The van der Waals surface area contributed by atoms with Crippen LogP contribution in [0.4, 0.5) is 0 Å². The zero-order chi connectivity index (χ0) is 9.54. The summed E-state index contributed by atoms with van der Waals surface area (Å²) in [4.78, 5) is 4.37. The van der Waals surface area contributed by atoms with Gasteiger partial charge in [0.1, 0.15) is 11.6 Å². The van der Waals surface area contributed by atoms with E-state index < -0.39 is 0 Å². The zero-order valence-electron chi connectivity index (χ0n) is 7.64. The summed E-state index contributed by atoms with van der Waals surface area (Å²) in [5.74, 6) is 1.89. The molecule has 1 aliphatic heterocycles. The van der Waals surface area contributed by atoms with Gasteiger partial charge in [0.05, 0.1) is 11.7 Å². The minimum Gasteiger partial charge on any atom is -0.508 e. The number of hydrogen-bond donors (Lipinski definition) is 2. The van der Waals surface area contributed by atoms with Crippen LogP contribution in [0.1, 0.15) is 11.7 Å². The van der Waals surface area contributed by atoms with Gasteiger partial charge in [-0.3, -0.25) is 0 Å². The molecule has 2 aromatic rings. The first-order valence-electron chi connectivity index (χ1n) is 4.71. The van der Waals surface area contributed by atoms with E-state index in [2.05, 4.69) is 10.3 Å². The number of nitrogens with zero attached hydrogens (tertiary/aromatic N) is 2. The molecule has 3 rings (SSSR count). The minimum atomic E-state index is 0.288. The highest BCUT2D eigenvalue weighted by Gasteiger charge is 2.22.